The van der Waals surface area contributed by atoms with E-state index in [0.29, 0.717) is 0 Å². The number of hydrogen-bond donors (Lipinski definition) is 2. The molecule has 102 valence electrons. The minimum Gasteiger partial charge on any atom is -0.319 e. The van der Waals surface area contributed by atoms with E-state index in [1.807, 2.05) is 7.05 Å². The van der Waals surface area contributed by atoms with Crippen molar-refractivity contribution in [3.63, 3.8) is 0 Å². The van der Waals surface area contributed by atoms with Gasteiger partial charge in [-0.2, -0.15) is 0 Å². The lowest BCUT2D eigenvalue weighted by molar-refractivity contribution is 0.445. The standard InChI is InChI=1S/C16H28N2/c1-4-6-15-7-9-16(10-8-15)13-18-12-14(5-2)11-17-3/h7-10,14,17-18H,4-6,11-13H2,1-3H3. The predicted molar refractivity (Wildman–Crippen MR) is 79.9 cm³/mol. The summed E-state index contributed by atoms with van der Waals surface area (Å²) >= 11 is 0. The van der Waals surface area contributed by atoms with Crippen LogP contribution in [-0.4, -0.2) is 20.1 Å². The molecule has 0 amide bonds. The number of hydrogen-bond acceptors (Lipinski definition) is 2. The lowest BCUT2D eigenvalue weighted by Gasteiger charge is -2.15. The lowest BCUT2D eigenvalue weighted by atomic mass is 10.1. The smallest absolute Gasteiger partial charge is 0.0205 e. The summed E-state index contributed by atoms with van der Waals surface area (Å²) in [6, 6.07) is 9.00. The monoisotopic (exact) mass is 248 g/mol. The largest absolute Gasteiger partial charge is 0.319 e. The third-order valence-corrected chi connectivity index (χ3v) is 3.39. The summed E-state index contributed by atoms with van der Waals surface area (Å²) in [5.41, 5.74) is 2.83. The molecule has 0 heterocycles. The molecule has 0 radical (unpaired) electrons. The van der Waals surface area contributed by atoms with E-state index in [9.17, 15) is 0 Å². The van der Waals surface area contributed by atoms with E-state index in [4.69, 9.17) is 0 Å². The van der Waals surface area contributed by atoms with Crippen molar-refractivity contribution in [3.05, 3.63) is 35.4 Å². The molecule has 0 bridgehead atoms. The summed E-state index contributed by atoms with van der Waals surface area (Å²) in [6.45, 7) is 7.64. The van der Waals surface area contributed by atoms with Crippen molar-refractivity contribution in [1.29, 1.82) is 0 Å². The molecule has 0 aliphatic carbocycles. The summed E-state index contributed by atoms with van der Waals surface area (Å²) in [5, 5.41) is 6.80. The van der Waals surface area contributed by atoms with Crippen molar-refractivity contribution < 1.29 is 0 Å². The maximum atomic E-state index is 3.55. The van der Waals surface area contributed by atoms with E-state index in [2.05, 4.69) is 48.7 Å². The quantitative estimate of drug-likeness (QED) is 0.702. The average Bonchev–Trinajstić information content (AvgIpc) is 2.40. The van der Waals surface area contributed by atoms with Gasteiger partial charge in [-0.1, -0.05) is 51.0 Å². The van der Waals surface area contributed by atoms with Crippen LogP contribution >= 0.6 is 0 Å². The van der Waals surface area contributed by atoms with Gasteiger partial charge in [-0.15, -0.1) is 0 Å². The van der Waals surface area contributed by atoms with Gasteiger partial charge in [0.25, 0.3) is 0 Å². The van der Waals surface area contributed by atoms with Gasteiger partial charge >= 0.3 is 0 Å². The Labute approximate surface area is 112 Å². The van der Waals surface area contributed by atoms with Gasteiger partial charge < -0.3 is 10.6 Å². The van der Waals surface area contributed by atoms with Crippen LogP contribution < -0.4 is 10.6 Å². The SMILES string of the molecule is CCCc1ccc(CNCC(CC)CNC)cc1. The minimum atomic E-state index is 0.731. The minimum absolute atomic E-state index is 0.731. The summed E-state index contributed by atoms with van der Waals surface area (Å²) in [4.78, 5) is 0. The van der Waals surface area contributed by atoms with Crippen molar-refractivity contribution in [3.8, 4) is 0 Å². The fourth-order valence-electron chi connectivity index (χ4n) is 2.18. The Morgan fingerprint density at radius 2 is 1.67 bits per heavy atom. The van der Waals surface area contributed by atoms with Crippen LogP contribution in [0.25, 0.3) is 0 Å². The topological polar surface area (TPSA) is 24.1 Å². The van der Waals surface area contributed by atoms with E-state index in [0.717, 1.165) is 25.6 Å². The van der Waals surface area contributed by atoms with Crippen LogP contribution in [0.5, 0.6) is 0 Å². The molecule has 18 heavy (non-hydrogen) atoms. The molecule has 0 saturated carbocycles. The van der Waals surface area contributed by atoms with Crippen LogP contribution in [0.4, 0.5) is 0 Å². The Balaban J connectivity index is 2.30. The second kappa shape index (κ2) is 9.12. The highest BCUT2D eigenvalue weighted by molar-refractivity contribution is 5.22. The summed E-state index contributed by atoms with van der Waals surface area (Å²) in [7, 11) is 2.02. The molecule has 0 saturated heterocycles. The van der Waals surface area contributed by atoms with Crippen molar-refractivity contribution in [2.75, 3.05) is 20.1 Å². The molecule has 1 aromatic rings. The van der Waals surface area contributed by atoms with Crippen molar-refractivity contribution in [2.45, 2.75) is 39.7 Å². The first kappa shape index (κ1) is 15.2. The van der Waals surface area contributed by atoms with E-state index >= 15 is 0 Å². The number of rotatable bonds is 9. The van der Waals surface area contributed by atoms with Crippen LogP contribution in [0.2, 0.25) is 0 Å². The summed E-state index contributed by atoms with van der Waals surface area (Å²) < 4.78 is 0. The Hall–Kier alpha value is -0.860. The summed E-state index contributed by atoms with van der Waals surface area (Å²) in [5.74, 6) is 0.731. The molecule has 2 nitrogen and oxygen atoms in total. The molecular weight excluding hydrogens is 220 g/mol. The van der Waals surface area contributed by atoms with E-state index in [1.54, 1.807) is 0 Å². The van der Waals surface area contributed by atoms with Crippen LogP contribution in [-0.2, 0) is 13.0 Å². The Kier molecular flexibility index (Phi) is 7.70. The molecule has 1 rings (SSSR count). The number of benzene rings is 1. The van der Waals surface area contributed by atoms with Gasteiger partial charge in [0.05, 0.1) is 0 Å². The second-order valence-corrected chi connectivity index (χ2v) is 5.03. The Bertz CT molecular complexity index is 305. The predicted octanol–water partition coefficient (Wildman–Crippen LogP) is 2.97. The highest BCUT2D eigenvalue weighted by Gasteiger charge is 2.03. The van der Waals surface area contributed by atoms with Gasteiger partial charge in [0, 0.05) is 6.54 Å². The third kappa shape index (κ3) is 5.65. The normalized spacial score (nSPS) is 12.6. The van der Waals surface area contributed by atoms with E-state index < -0.39 is 0 Å². The zero-order valence-electron chi connectivity index (χ0n) is 12.1. The van der Waals surface area contributed by atoms with Crippen LogP contribution in [0.15, 0.2) is 24.3 Å². The highest BCUT2D eigenvalue weighted by Crippen LogP contribution is 2.07. The molecule has 0 fully saturated rings. The molecule has 2 N–H and O–H groups in total. The second-order valence-electron chi connectivity index (χ2n) is 5.03. The zero-order chi connectivity index (χ0) is 13.2. The zero-order valence-corrected chi connectivity index (χ0v) is 12.1. The maximum absolute atomic E-state index is 3.55. The van der Waals surface area contributed by atoms with Crippen molar-refractivity contribution in [1.82, 2.24) is 10.6 Å². The van der Waals surface area contributed by atoms with Gasteiger partial charge in [-0.3, -0.25) is 0 Å². The molecule has 1 atom stereocenters. The molecule has 0 aliphatic heterocycles. The molecule has 0 aromatic heterocycles. The van der Waals surface area contributed by atoms with Gasteiger partial charge in [-0.25, -0.2) is 0 Å². The summed E-state index contributed by atoms with van der Waals surface area (Å²) in [6.07, 6.45) is 3.64. The van der Waals surface area contributed by atoms with Gasteiger partial charge in [0.2, 0.25) is 0 Å². The number of aryl methyl sites for hydroxylation is 1. The van der Waals surface area contributed by atoms with E-state index in [1.165, 1.54) is 30.4 Å². The maximum Gasteiger partial charge on any atom is 0.0205 e. The van der Waals surface area contributed by atoms with Gasteiger partial charge in [0.1, 0.15) is 0 Å². The lowest BCUT2D eigenvalue weighted by Crippen LogP contribution is -2.29. The van der Waals surface area contributed by atoms with E-state index in [-0.39, 0.29) is 0 Å². The molecule has 1 unspecified atom stereocenters. The van der Waals surface area contributed by atoms with Gasteiger partial charge in [-0.05, 0) is 43.6 Å². The molecule has 0 spiro atoms. The average molecular weight is 248 g/mol. The molecule has 2 heteroatoms. The van der Waals surface area contributed by atoms with Crippen molar-refractivity contribution in [2.24, 2.45) is 5.92 Å². The fourth-order valence-corrected chi connectivity index (χ4v) is 2.18. The molecule has 1 aromatic carbocycles. The van der Waals surface area contributed by atoms with Gasteiger partial charge in [0.15, 0.2) is 0 Å². The first-order chi connectivity index (χ1) is 8.80. The Morgan fingerprint density at radius 3 is 2.22 bits per heavy atom. The first-order valence-electron chi connectivity index (χ1n) is 7.23. The number of nitrogens with one attached hydrogen (secondary N) is 2. The first-order valence-corrected chi connectivity index (χ1v) is 7.23. The van der Waals surface area contributed by atoms with Crippen molar-refractivity contribution >= 4 is 0 Å². The Morgan fingerprint density at radius 1 is 1.00 bits per heavy atom. The van der Waals surface area contributed by atoms with Crippen LogP contribution in [0.1, 0.15) is 37.8 Å². The third-order valence-electron chi connectivity index (χ3n) is 3.39. The molecular formula is C16H28N2. The fraction of sp³-hybridized carbons (Fsp3) is 0.625. The highest BCUT2D eigenvalue weighted by atomic mass is 14.9. The molecule has 0 aliphatic rings. The van der Waals surface area contributed by atoms with Crippen LogP contribution in [0.3, 0.4) is 0 Å². The van der Waals surface area contributed by atoms with Crippen LogP contribution in [0, 0.1) is 5.92 Å².